The first kappa shape index (κ1) is 12.0. The Bertz CT molecular complexity index is 132. The van der Waals surface area contributed by atoms with Gasteiger partial charge in [-0.2, -0.15) is 0 Å². The molecule has 0 radical (unpaired) electrons. The first-order valence-corrected chi connectivity index (χ1v) is 6.10. The summed E-state index contributed by atoms with van der Waals surface area (Å²) in [5.41, 5.74) is 0. The highest BCUT2D eigenvalue weighted by atomic mass is 16.5. The minimum absolute atomic E-state index is 0.783. The van der Waals surface area contributed by atoms with Crippen LogP contribution >= 0.6 is 0 Å². The van der Waals surface area contributed by atoms with Crippen LogP contribution in [-0.2, 0) is 4.74 Å². The zero-order chi connectivity index (χ0) is 10.2. The van der Waals surface area contributed by atoms with Crippen LogP contribution in [0.4, 0.5) is 0 Å². The standard InChI is InChI=1S/C12H25NO/c1-3-11(7-6-10-14-2)12-8-4-5-9-13-12/h11-13H,3-10H2,1-2H3. The molecule has 2 heteroatoms. The summed E-state index contributed by atoms with van der Waals surface area (Å²) in [6.45, 7) is 4.46. The van der Waals surface area contributed by atoms with Gasteiger partial charge in [0.1, 0.15) is 0 Å². The second-order valence-electron chi connectivity index (χ2n) is 4.36. The van der Waals surface area contributed by atoms with Gasteiger partial charge in [0.2, 0.25) is 0 Å². The van der Waals surface area contributed by atoms with Crippen molar-refractivity contribution in [1.29, 1.82) is 0 Å². The van der Waals surface area contributed by atoms with Crippen LogP contribution in [0.1, 0.15) is 45.4 Å². The van der Waals surface area contributed by atoms with Crippen molar-refractivity contribution in [2.75, 3.05) is 20.3 Å². The Morgan fingerprint density at radius 1 is 1.43 bits per heavy atom. The average Bonchev–Trinajstić information content (AvgIpc) is 2.26. The van der Waals surface area contributed by atoms with Crippen molar-refractivity contribution < 1.29 is 4.74 Å². The number of hydrogen-bond acceptors (Lipinski definition) is 2. The van der Waals surface area contributed by atoms with Crippen molar-refractivity contribution in [3.63, 3.8) is 0 Å². The Kier molecular flexibility index (Phi) is 6.20. The van der Waals surface area contributed by atoms with Gasteiger partial charge >= 0.3 is 0 Å². The lowest BCUT2D eigenvalue weighted by molar-refractivity contribution is 0.177. The van der Waals surface area contributed by atoms with E-state index in [0.29, 0.717) is 0 Å². The van der Waals surface area contributed by atoms with E-state index in [-0.39, 0.29) is 0 Å². The van der Waals surface area contributed by atoms with Crippen molar-refractivity contribution in [3.8, 4) is 0 Å². The van der Waals surface area contributed by atoms with E-state index in [4.69, 9.17) is 4.74 Å². The molecule has 1 N–H and O–H groups in total. The maximum Gasteiger partial charge on any atom is 0.0462 e. The van der Waals surface area contributed by atoms with Crippen LogP contribution in [0.2, 0.25) is 0 Å². The summed E-state index contributed by atoms with van der Waals surface area (Å²) >= 11 is 0. The zero-order valence-electron chi connectivity index (χ0n) is 9.72. The molecule has 0 saturated carbocycles. The molecule has 1 saturated heterocycles. The van der Waals surface area contributed by atoms with E-state index in [2.05, 4.69) is 12.2 Å². The molecule has 1 aliphatic rings. The van der Waals surface area contributed by atoms with Gasteiger partial charge in [-0.1, -0.05) is 19.8 Å². The molecule has 84 valence electrons. The molecular weight excluding hydrogens is 174 g/mol. The van der Waals surface area contributed by atoms with Crippen molar-refractivity contribution in [3.05, 3.63) is 0 Å². The van der Waals surface area contributed by atoms with Gasteiger partial charge in [0, 0.05) is 19.8 Å². The summed E-state index contributed by atoms with van der Waals surface area (Å²) in [6, 6.07) is 0.783. The van der Waals surface area contributed by atoms with E-state index in [1.54, 1.807) is 7.11 Å². The number of piperidine rings is 1. The minimum atomic E-state index is 0.783. The summed E-state index contributed by atoms with van der Waals surface area (Å²) in [6.07, 6.45) is 8.01. The van der Waals surface area contributed by atoms with Crippen LogP contribution in [0.5, 0.6) is 0 Å². The zero-order valence-corrected chi connectivity index (χ0v) is 9.72. The first-order chi connectivity index (χ1) is 6.88. The number of methoxy groups -OCH3 is 1. The van der Waals surface area contributed by atoms with Crippen LogP contribution in [0, 0.1) is 5.92 Å². The summed E-state index contributed by atoms with van der Waals surface area (Å²) in [5.74, 6) is 0.866. The van der Waals surface area contributed by atoms with Gasteiger partial charge in [-0.15, -0.1) is 0 Å². The van der Waals surface area contributed by atoms with Crippen LogP contribution in [0.15, 0.2) is 0 Å². The molecule has 14 heavy (non-hydrogen) atoms. The van der Waals surface area contributed by atoms with Crippen molar-refractivity contribution >= 4 is 0 Å². The molecule has 2 nitrogen and oxygen atoms in total. The maximum atomic E-state index is 5.10. The molecule has 0 spiro atoms. The van der Waals surface area contributed by atoms with E-state index in [9.17, 15) is 0 Å². The summed E-state index contributed by atoms with van der Waals surface area (Å²) in [4.78, 5) is 0. The smallest absolute Gasteiger partial charge is 0.0462 e. The lowest BCUT2D eigenvalue weighted by Crippen LogP contribution is -2.39. The highest BCUT2D eigenvalue weighted by Crippen LogP contribution is 2.22. The third kappa shape index (κ3) is 3.97. The number of nitrogens with one attached hydrogen (secondary N) is 1. The molecule has 1 aliphatic heterocycles. The maximum absolute atomic E-state index is 5.10. The van der Waals surface area contributed by atoms with Gasteiger partial charge in [-0.05, 0) is 38.1 Å². The molecule has 2 unspecified atom stereocenters. The third-order valence-corrected chi connectivity index (χ3v) is 3.37. The first-order valence-electron chi connectivity index (χ1n) is 6.10. The largest absolute Gasteiger partial charge is 0.385 e. The monoisotopic (exact) mass is 199 g/mol. The lowest BCUT2D eigenvalue weighted by atomic mass is 9.87. The highest BCUT2D eigenvalue weighted by Gasteiger charge is 2.20. The van der Waals surface area contributed by atoms with E-state index >= 15 is 0 Å². The van der Waals surface area contributed by atoms with Crippen LogP contribution < -0.4 is 5.32 Å². The fraction of sp³-hybridized carbons (Fsp3) is 1.00. The molecule has 0 amide bonds. The van der Waals surface area contributed by atoms with Gasteiger partial charge in [0.15, 0.2) is 0 Å². The molecule has 0 aromatic carbocycles. The van der Waals surface area contributed by atoms with Gasteiger partial charge in [-0.25, -0.2) is 0 Å². The summed E-state index contributed by atoms with van der Waals surface area (Å²) in [5, 5.41) is 3.66. The fourth-order valence-electron chi connectivity index (χ4n) is 2.46. The fourth-order valence-corrected chi connectivity index (χ4v) is 2.46. The van der Waals surface area contributed by atoms with Gasteiger partial charge in [0.25, 0.3) is 0 Å². The second kappa shape index (κ2) is 7.24. The molecule has 0 aromatic heterocycles. The molecule has 1 rings (SSSR count). The number of rotatable bonds is 6. The van der Waals surface area contributed by atoms with Crippen LogP contribution in [0.3, 0.4) is 0 Å². The van der Waals surface area contributed by atoms with E-state index in [1.807, 2.05) is 0 Å². The quantitative estimate of drug-likeness (QED) is 0.664. The highest BCUT2D eigenvalue weighted by molar-refractivity contribution is 4.79. The van der Waals surface area contributed by atoms with E-state index in [0.717, 1.165) is 18.6 Å². The van der Waals surface area contributed by atoms with Crippen molar-refractivity contribution in [2.45, 2.75) is 51.5 Å². The Morgan fingerprint density at radius 3 is 2.86 bits per heavy atom. The number of hydrogen-bond donors (Lipinski definition) is 1. The second-order valence-corrected chi connectivity index (χ2v) is 4.36. The van der Waals surface area contributed by atoms with Crippen LogP contribution in [0.25, 0.3) is 0 Å². The lowest BCUT2D eigenvalue weighted by Gasteiger charge is -2.30. The molecule has 1 fully saturated rings. The van der Waals surface area contributed by atoms with Crippen molar-refractivity contribution in [2.24, 2.45) is 5.92 Å². The summed E-state index contributed by atoms with van der Waals surface area (Å²) in [7, 11) is 1.79. The molecule has 0 aliphatic carbocycles. The van der Waals surface area contributed by atoms with Gasteiger partial charge in [0.05, 0.1) is 0 Å². The topological polar surface area (TPSA) is 21.3 Å². The molecule has 0 bridgehead atoms. The molecule has 2 atom stereocenters. The average molecular weight is 199 g/mol. The Hall–Kier alpha value is -0.0800. The van der Waals surface area contributed by atoms with Gasteiger partial charge < -0.3 is 10.1 Å². The van der Waals surface area contributed by atoms with E-state index < -0.39 is 0 Å². The van der Waals surface area contributed by atoms with Crippen LogP contribution in [-0.4, -0.2) is 26.3 Å². The SMILES string of the molecule is CCC(CCCOC)C1CCCCN1. The Labute approximate surface area is 88.4 Å². The van der Waals surface area contributed by atoms with Gasteiger partial charge in [-0.3, -0.25) is 0 Å². The molecule has 0 aromatic rings. The normalized spacial score (nSPS) is 24.9. The summed E-state index contributed by atoms with van der Waals surface area (Å²) < 4.78 is 5.10. The Morgan fingerprint density at radius 2 is 2.29 bits per heavy atom. The Balaban J connectivity index is 2.21. The minimum Gasteiger partial charge on any atom is -0.385 e. The molecular formula is C12H25NO. The molecule has 1 heterocycles. The predicted molar refractivity (Wildman–Crippen MR) is 60.5 cm³/mol. The predicted octanol–water partition coefficient (Wildman–Crippen LogP) is 2.58. The number of ether oxygens (including phenoxy) is 1. The van der Waals surface area contributed by atoms with E-state index in [1.165, 1.54) is 45.1 Å². The third-order valence-electron chi connectivity index (χ3n) is 3.37. The van der Waals surface area contributed by atoms with Crippen molar-refractivity contribution in [1.82, 2.24) is 5.32 Å².